The Balaban J connectivity index is 0.00000180. The summed E-state index contributed by atoms with van der Waals surface area (Å²) in [7, 11) is 0. The van der Waals surface area contributed by atoms with Crippen molar-refractivity contribution in [3.63, 3.8) is 0 Å². The molecule has 1 aliphatic heterocycles. The molecule has 0 aromatic heterocycles. The number of hydrogen-bond acceptors (Lipinski definition) is 2. The highest BCUT2D eigenvalue weighted by Gasteiger charge is 2.14. The van der Waals surface area contributed by atoms with Crippen LogP contribution >= 0.6 is 24.0 Å². The minimum absolute atomic E-state index is 0. The Labute approximate surface area is 131 Å². The zero-order valence-electron chi connectivity index (χ0n) is 11.3. The Morgan fingerprint density at radius 1 is 1.53 bits per heavy atom. The van der Waals surface area contributed by atoms with E-state index in [4.69, 9.17) is 10.5 Å². The molecule has 5 heteroatoms. The highest BCUT2D eigenvalue weighted by atomic mass is 127. The van der Waals surface area contributed by atoms with Crippen LogP contribution in [0.25, 0.3) is 0 Å². The van der Waals surface area contributed by atoms with E-state index in [0.29, 0.717) is 12.5 Å². The van der Waals surface area contributed by atoms with Gasteiger partial charge in [-0.3, -0.25) is 4.99 Å². The first-order valence-electron chi connectivity index (χ1n) is 6.55. The lowest BCUT2D eigenvalue weighted by Crippen LogP contribution is -2.24. The highest BCUT2D eigenvalue weighted by Crippen LogP contribution is 2.13. The Bertz CT molecular complexity index is 417. The SMILES string of the molecule is CCc1cccc(NC(N)=NCC2CCCO2)c1.I. The fourth-order valence-electron chi connectivity index (χ4n) is 2.04. The molecule has 1 unspecified atom stereocenters. The fourth-order valence-corrected chi connectivity index (χ4v) is 2.04. The predicted molar refractivity (Wildman–Crippen MR) is 90.3 cm³/mol. The Morgan fingerprint density at radius 3 is 3.05 bits per heavy atom. The van der Waals surface area contributed by atoms with Gasteiger partial charge in [0.1, 0.15) is 0 Å². The molecule has 19 heavy (non-hydrogen) atoms. The van der Waals surface area contributed by atoms with E-state index in [-0.39, 0.29) is 30.1 Å². The third kappa shape index (κ3) is 5.36. The normalized spacial score (nSPS) is 19.0. The van der Waals surface area contributed by atoms with E-state index in [9.17, 15) is 0 Å². The molecule has 1 atom stereocenters. The highest BCUT2D eigenvalue weighted by molar-refractivity contribution is 14.0. The van der Waals surface area contributed by atoms with Crippen molar-refractivity contribution in [2.45, 2.75) is 32.3 Å². The van der Waals surface area contributed by atoms with Crippen LogP contribution in [0.4, 0.5) is 5.69 Å². The van der Waals surface area contributed by atoms with Crippen LogP contribution < -0.4 is 11.1 Å². The molecule has 1 saturated heterocycles. The van der Waals surface area contributed by atoms with E-state index >= 15 is 0 Å². The number of benzene rings is 1. The number of rotatable bonds is 4. The van der Waals surface area contributed by atoms with Crippen molar-refractivity contribution in [1.82, 2.24) is 0 Å². The number of anilines is 1. The molecule has 0 aliphatic carbocycles. The smallest absolute Gasteiger partial charge is 0.193 e. The van der Waals surface area contributed by atoms with Crippen molar-refractivity contribution in [2.75, 3.05) is 18.5 Å². The molecular weight excluding hydrogens is 353 g/mol. The average molecular weight is 375 g/mol. The molecule has 3 N–H and O–H groups in total. The van der Waals surface area contributed by atoms with Gasteiger partial charge in [0.2, 0.25) is 0 Å². The number of nitrogens with two attached hydrogens (primary N) is 1. The first-order chi connectivity index (χ1) is 8.78. The maximum Gasteiger partial charge on any atom is 0.193 e. The summed E-state index contributed by atoms with van der Waals surface area (Å²) in [5, 5.41) is 3.11. The van der Waals surface area contributed by atoms with Crippen LogP contribution in [-0.2, 0) is 11.2 Å². The summed E-state index contributed by atoms with van der Waals surface area (Å²) in [6, 6.07) is 8.21. The van der Waals surface area contributed by atoms with Gasteiger partial charge >= 0.3 is 0 Å². The standard InChI is InChI=1S/C14H21N3O.HI/c1-2-11-5-3-6-12(9-11)17-14(15)16-10-13-7-4-8-18-13;/h3,5-6,9,13H,2,4,7-8,10H2,1H3,(H3,15,16,17);1H. The maximum absolute atomic E-state index is 5.86. The Hall–Kier alpha value is -0.820. The largest absolute Gasteiger partial charge is 0.376 e. The average Bonchev–Trinajstić information content (AvgIpc) is 2.90. The number of nitrogens with zero attached hydrogens (tertiary/aromatic N) is 1. The van der Waals surface area contributed by atoms with Gasteiger partial charge in [-0.25, -0.2) is 0 Å². The molecule has 0 saturated carbocycles. The second-order valence-corrected chi connectivity index (χ2v) is 4.54. The Kier molecular flexibility index (Phi) is 7.15. The number of nitrogens with one attached hydrogen (secondary N) is 1. The topological polar surface area (TPSA) is 59.6 Å². The quantitative estimate of drug-likeness (QED) is 0.483. The molecule has 106 valence electrons. The molecule has 0 radical (unpaired) electrons. The molecule has 0 bridgehead atoms. The van der Waals surface area contributed by atoms with Gasteiger partial charge in [0.15, 0.2) is 5.96 Å². The lowest BCUT2D eigenvalue weighted by molar-refractivity contribution is 0.118. The number of halogens is 1. The van der Waals surface area contributed by atoms with Crippen LogP contribution in [0.1, 0.15) is 25.3 Å². The van der Waals surface area contributed by atoms with Gasteiger partial charge in [-0.05, 0) is 37.0 Å². The number of hydrogen-bond donors (Lipinski definition) is 2. The van der Waals surface area contributed by atoms with Crippen molar-refractivity contribution in [2.24, 2.45) is 10.7 Å². The number of ether oxygens (including phenoxy) is 1. The molecule has 1 aromatic rings. The molecule has 0 amide bonds. The van der Waals surface area contributed by atoms with E-state index in [1.807, 2.05) is 12.1 Å². The molecule has 0 spiro atoms. The zero-order valence-corrected chi connectivity index (χ0v) is 13.6. The molecule has 1 aliphatic rings. The summed E-state index contributed by atoms with van der Waals surface area (Å²) in [6.45, 7) is 3.63. The fraction of sp³-hybridized carbons (Fsp3) is 0.500. The summed E-state index contributed by atoms with van der Waals surface area (Å²) in [4.78, 5) is 4.32. The Morgan fingerprint density at radius 2 is 2.37 bits per heavy atom. The second-order valence-electron chi connectivity index (χ2n) is 4.54. The zero-order chi connectivity index (χ0) is 12.8. The number of aliphatic imine (C=N–C) groups is 1. The van der Waals surface area contributed by atoms with Crippen LogP contribution in [0.2, 0.25) is 0 Å². The molecule has 1 aromatic carbocycles. The van der Waals surface area contributed by atoms with Gasteiger partial charge in [0, 0.05) is 12.3 Å². The van der Waals surface area contributed by atoms with E-state index in [1.165, 1.54) is 5.56 Å². The summed E-state index contributed by atoms with van der Waals surface area (Å²) in [5.74, 6) is 0.457. The van der Waals surface area contributed by atoms with Crippen molar-refractivity contribution in [3.8, 4) is 0 Å². The van der Waals surface area contributed by atoms with Crippen LogP contribution in [-0.4, -0.2) is 25.2 Å². The first kappa shape index (κ1) is 16.2. The molecule has 1 heterocycles. The van der Waals surface area contributed by atoms with Gasteiger partial charge in [0.05, 0.1) is 12.6 Å². The third-order valence-corrected chi connectivity index (χ3v) is 3.10. The molecule has 2 rings (SSSR count). The van der Waals surface area contributed by atoms with Crippen LogP contribution in [0.3, 0.4) is 0 Å². The minimum atomic E-state index is 0. The van der Waals surface area contributed by atoms with Crippen LogP contribution in [0, 0.1) is 0 Å². The van der Waals surface area contributed by atoms with Crippen molar-refractivity contribution < 1.29 is 4.74 Å². The number of guanidine groups is 1. The van der Waals surface area contributed by atoms with Gasteiger partial charge in [-0.15, -0.1) is 24.0 Å². The molecule has 4 nitrogen and oxygen atoms in total. The minimum Gasteiger partial charge on any atom is -0.376 e. The van der Waals surface area contributed by atoms with Gasteiger partial charge < -0.3 is 15.8 Å². The van der Waals surface area contributed by atoms with Crippen LogP contribution in [0.5, 0.6) is 0 Å². The van der Waals surface area contributed by atoms with E-state index in [1.54, 1.807) is 0 Å². The van der Waals surface area contributed by atoms with E-state index in [2.05, 4.69) is 29.4 Å². The van der Waals surface area contributed by atoms with Crippen molar-refractivity contribution in [3.05, 3.63) is 29.8 Å². The third-order valence-electron chi connectivity index (χ3n) is 3.10. The van der Waals surface area contributed by atoms with Gasteiger partial charge in [-0.2, -0.15) is 0 Å². The van der Waals surface area contributed by atoms with Crippen molar-refractivity contribution in [1.29, 1.82) is 0 Å². The lowest BCUT2D eigenvalue weighted by atomic mass is 10.1. The van der Waals surface area contributed by atoms with E-state index < -0.39 is 0 Å². The monoisotopic (exact) mass is 375 g/mol. The summed E-state index contributed by atoms with van der Waals surface area (Å²) >= 11 is 0. The van der Waals surface area contributed by atoms with Crippen LogP contribution in [0.15, 0.2) is 29.3 Å². The number of aryl methyl sites for hydroxylation is 1. The second kappa shape index (κ2) is 8.37. The van der Waals surface area contributed by atoms with Gasteiger partial charge in [-0.1, -0.05) is 19.1 Å². The predicted octanol–water partition coefficient (Wildman–Crippen LogP) is 2.77. The van der Waals surface area contributed by atoms with Gasteiger partial charge in [0.25, 0.3) is 0 Å². The summed E-state index contributed by atoms with van der Waals surface area (Å²) in [5.41, 5.74) is 8.13. The molecule has 1 fully saturated rings. The first-order valence-corrected chi connectivity index (χ1v) is 6.55. The lowest BCUT2D eigenvalue weighted by Gasteiger charge is -2.09. The van der Waals surface area contributed by atoms with Crippen molar-refractivity contribution >= 4 is 35.6 Å². The van der Waals surface area contributed by atoms with E-state index in [0.717, 1.165) is 31.6 Å². The summed E-state index contributed by atoms with van der Waals surface area (Å²) in [6.07, 6.45) is 3.48. The molecular formula is C14H22IN3O. The summed E-state index contributed by atoms with van der Waals surface area (Å²) < 4.78 is 5.50. The maximum atomic E-state index is 5.86.